The van der Waals surface area contributed by atoms with Gasteiger partial charge in [0.2, 0.25) is 9.04 Å². The molecule has 0 amide bonds. The molecule has 145 valence electrons. The summed E-state index contributed by atoms with van der Waals surface area (Å²) >= 11 is 0. The van der Waals surface area contributed by atoms with Gasteiger partial charge in [-0.3, -0.25) is 0 Å². The minimum Gasteiger partial charge on any atom is -0.494 e. The van der Waals surface area contributed by atoms with E-state index in [-0.39, 0.29) is 5.92 Å². The smallest absolute Gasteiger partial charge is 0.235 e. The fourth-order valence-corrected chi connectivity index (χ4v) is 3.37. The van der Waals surface area contributed by atoms with Crippen molar-refractivity contribution < 1.29 is 13.7 Å². The summed E-state index contributed by atoms with van der Waals surface area (Å²) in [7, 11) is 0.850. The van der Waals surface area contributed by atoms with Crippen molar-refractivity contribution >= 4 is 20.9 Å². The van der Waals surface area contributed by atoms with Crippen molar-refractivity contribution in [1.29, 1.82) is 0 Å². The number of rotatable bonds is 9. The first-order valence-electron chi connectivity index (χ1n) is 9.18. The summed E-state index contributed by atoms with van der Waals surface area (Å²) < 4.78 is 16.8. The van der Waals surface area contributed by atoms with E-state index in [0.717, 1.165) is 17.0 Å². The predicted molar refractivity (Wildman–Crippen MR) is 114 cm³/mol. The van der Waals surface area contributed by atoms with Gasteiger partial charge in [0.15, 0.2) is 0 Å². The van der Waals surface area contributed by atoms with Gasteiger partial charge in [-0.05, 0) is 36.9 Å². The number of ether oxygens (including phenoxy) is 1. The molecule has 0 saturated carbocycles. The zero-order valence-corrected chi connectivity index (χ0v) is 17.4. The highest BCUT2D eigenvalue weighted by molar-refractivity contribution is 6.48. The second-order valence-corrected chi connectivity index (χ2v) is 8.52. The Labute approximate surface area is 167 Å². The van der Waals surface area contributed by atoms with Crippen molar-refractivity contribution in [2.75, 3.05) is 13.7 Å². The number of methoxy groups -OCH3 is 1. The lowest BCUT2D eigenvalue weighted by Gasteiger charge is -2.22. The highest BCUT2D eigenvalue weighted by Crippen LogP contribution is 2.38. The van der Waals surface area contributed by atoms with Crippen LogP contribution < -0.4 is 10.2 Å². The highest BCUT2D eigenvalue weighted by Gasteiger charge is 2.20. The number of nitrogens with zero attached hydrogens (tertiary/aromatic N) is 1. The summed E-state index contributed by atoms with van der Waals surface area (Å²) in [5, 5.41) is 0. The topological polar surface area (TPSA) is 56.0 Å². The molecule has 3 aromatic rings. The van der Waals surface area contributed by atoms with Crippen LogP contribution in [0.5, 0.6) is 5.75 Å². The van der Waals surface area contributed by atoms with Crippen molar-refractivity contribution in [1.82, 2.24) is 5.48 Å². The van der Waals surface area contributed by atoms with Crippen LogP contribution >= 0.6 is 0 Å². The second-order valence-electron chi connectivity index (χ2n) is 6.50. The number of hydrogen-bond acceptors (Lipinski definition) is 5. The maximum atomic E-state index is 5.77. The number of hydroxylamine groups is 1. The van der Waals surface area contributed by atoms with E-state index in [2.05, 4.69) is 41.8 Å². The van der Waals surface area contributed by atoms with Gasteiger partial charge >= 0.3 is 0 Å². The van der Waals surface area contributed by atoms with Crippen molar-refractivity contribution in [2.45, 2.75) is 19.0 Å². The Kier molecular flexibility index (Phi) is 7.19. The molecule has 6 heteroatoms. The van der Waals surface area contributed by atoms with E-state index in [9.17, 15) is 0 Å². The van der Waals surface area contributed by atoms with Crippen molar-refractivity contribution in [3.63, 3.8) is 0 Å². The molecule has 1 N–H and O–H groups in total. The number of nitrogens with one attached hydrogen (secondary N) is 1. The first-order valence-corrected chi connectivity index (χ1v) is 11.6. The molecular formula is C22H25N2O3Si. The lowest BCUT2D eigenvalue weighted by molar-refractivity contribution is 0.195. The molecule has 1 heterocycles. The van der Waals surface area contributed by atoms with Gasteiger partial charge in [-0.15, -0.1) is 0 Å². The van der Waals surface area contributed by atoms with Crippen molar-refractivity contribution in [2.24, 2.45) is 4.99 Å². The minimum absolute atomic E-state index is 0.0660. The summed E-state index contributed by atoms with van der Waals surface area (Å²) in [6.07, 6.45) is 3.33. The monoisotopic (exact) mass is 393 g/mol. The third-order valence-electron chi connectivity index (χ3n) is 4.24. The van der Waals surface area contributed by atoms with Crippen LogP contribution in [-0.4, -0.2) is 28.9 Å². The molecule has 5 nitrogen and oxygen atoms in total. The van der Waals surface area contributed by atoms with Crippen LogP contribution in [0.1, 0.15) is 22.8 Å². The molecule has 1 aromatic heterocycles. The van der Waals surface area contributed by atoms with E-state index < -0.39 is 9.04 Å². The predicted octanol–water partition coefficient (Wildman–Crippen LogP) is 4.94. The number of furan rings is 1. The number of hydrogen-bond donors (Lipinski definition) is 1. The van der Waals surface area contributed by atoms with Crippen LogP contribution in [0.4, 0.5) is 5.69 Å². The zero-order chi connectivity index (χ0) is 19.8. The number of para-hydroxylation sites is 1. The number of aliphatic imine (C=N–C) groups is 1. The van der Waals surface area contributed by atoms with E-state index >= 15 is 0 Å². The average Bonchev–Trinajstić information content (AvgIpc) is 3.23. The van der Waals surface area contributed by atoms with Crippen LogP contribution in [-0.2, 0) is 4.53 Å². The summed E-state index contributed by atoms with van der Waals surface area (Å²) in [5.74, 6) is 1.51. The van der Waals surface area contributed by atoms with E-state index in [1.54, 1.807) is 19.6 Å². The Morgan fingerprint density at radius 3 is 2.57 bits per heavy atom. The first kappa shape index (κ1) is 20.1. The molecule has 28 heavy (non-hydrogen) atoms. The van der Waals surface area contributed by atoms with Gasteiger partial charge in [0.05, 0.1) is 19.6 Å². The summed E-state index contributed by atoms with van der Waals surface area (Å²) in [6.45, 7) is 4.83. The Morgan fingerprint density at radius 1 is 1.07 bits per heavy atom. The molecule has 0 bridgehead atoms. The molecule has 0 aliphatic carbocycles. The summed E-state index contributed by atoms with van der Waals surface area (Å²) in [4.78, 5) is 4.57. The van der Waals surface area contributed by atoms with Crippen molar-refractivity contribution in [3.8, 4) is 5.75 Å². The molecule has 0 fully saturated rings. The van der Waals surface area contributed by atoms with E-state index in [1.807, 2.05) is 42.5 Å². The molecule has 0 aliphatic heterocycles. The molecule has 3 rings (SSSR count). The largest absolute Gasteiger partial charge is 0.494 e. The fourth-order valence-electron chi connectivity index (χ4n) is 3.00. The van der Waals surface area contributed by atoms with Gasteiger partial charge in [-0.25, -0.2) is 10.5 Å². The summed E-state index contributed by atoms with van der Waals surface area (Å²) in [5.41, 5.74) is 6.14. The van der Waals surface area contributed by atoms with Crippen LogP contribution in [0.2, 0.25) is 13.1 Å². The Hall–Kier alpha value is -2.67. The third-order valence-corrected chi connectivity index (χ3v) is 4.80. The zero-order valence-electron chi connectivity index (χ0n) is 16.4. The van der Waals surface area contributed by atoms with Gasteiger partial charge in [-0.2, -0.15) is 0 Å². The Bertz CT molecular complexity index is 880. The quantitative estimate of drug-likeness (QED) is 0.318. The molecule has 0 aliphatic rings. The Balaban J connectivity index is 1.95. The van der Waals surface area contributed by atoms with Crippen LogP contribution in [0.25, 0.3) is 0 Å². The fraction of sp³-hybridized carbons (Fsp3) is 0.227. The van der Waals surface area contributed by atoms with E-state index in [1.165, 1.54) is 5.56 Å². The van der Waals surface area contributed by atoms with E-state index in [4.69, 9.17) is 13.7 Å². The second kappa shape index (κ2) is 10.0. The van der Waals surface area contributed by atoms with Gasteiger partial charge in [0.1, 0.15) is 17.2 Å². The van der Waals surface area contributed by atoms with Crippen LogP contribution in [0.15, 0.2) is 76.3 Å². The molecule has 2 aromatic carbocycles. The average molecular weight is 394 g/mol. The van der Waals surface area contributed by atoms with Gasteiger partial charge in [0.25, 0.3) is 0 Å². The molecule has 0 spiro atoms. The van der Waals surface area contributed by atoms with Gasteiger partial charge in [0, 0.05) is 18.0 Å². The maximum Gasteiger partial charge on any atom is 0.235 e. The summed E-state index contributed by atoms with van der Waals surface area (Å²) in [6, 6.07) is 20.1. The SMILES string of the molecule is COc1c(N=Cc2ccco2)cccc1C(CNO[Si](C)C)c1ccccc1. The van der Waals surface area contributed by atoms with Crippen molar-refractivity contribution in [3.05, 3.63) is 83.8 Å². The molecule has 0 saturated heterocycles. The molecule has 1 radical (unpaired) electrons. The lowest BCUT2D eigenvalue weighted by Crippen LogP contribution is -2.27. The lowest BCUT2D eigenvalue weighted by atomic mass is 9.90. The first-order chi connectivity index (χ1) is 13.7. The van der Waals surface area contributed by atoms with Crippen LogP contribution in [0.3, 0.4) is 0 Å². The third kappa shape index (κ3) is 5.19. The normalized spacial score (nSPS) is 12.6. The van der Waals surface area contributed by atoms with Gasteiger partial charge < -0.3 is 13.7 Å². The van der Waals surface area contributed by atoms with E-state index in [0.29, 0.717) is 12.3 Å². The maximum absolute atomic E-state index is 5.77. The standard InChI is InChI=1S/C22H25N2O3Si/c1-25-22-19(12-7-13-21(22)23-15-18-11-8-14-26-18)20(16-24-27-28(2)3)17-9-5-4-6-10-17/h4-15,20,24H,16H2,1-3H3. The highest BCUT2D eigenvalue weighted by atomic mass is 28.3. The molecular weight excluding hydrogens is 368 g/mol. The molecule has 1 unspecified atom stereocenters. The number of benzene rings is 2. The van der Waals surface area contributed by atoms with Crippen LogP contribution in [0, 0.1) is 0 Å². The van der Waals surface area contributed by atoms with Gasteiger partial charge in [-0.1, -0.05) is 42.5 Å². The Morgan fingerprint density at radius 2 is 1.89 bits per heavy atom. The molecule has 1 atom stereocenters. The minimum atomic E-state index is -0.826.